The van der Waals surface area contributed by atoms with Gasteiger partial charge in [-0.05, 0) is 32.1 Å². The summed E-state index contributed by atoms with van der Waals surface area (Å²) >= 11 is 0. The summed E-state index contributed by atoms with van der Waals surface area (Å²) in [5.74, 6) is -0.434. The quantitative estimate of drug-likeness (QED) is 0.698. The van der Waals surface area contributed by atoms with E-state index in [0.29, 0.717) is 32.0 Å². The van der Waals surface area contributed by atoms with E-state index < -0.39 is 11.5 Å². The Morgan fingerprint density at radius 3 is 2.75 bits per heavy atom. The lowest BCUT2D eigenvalue weighted by Crippen LogP contribution is -2.54. The highest BCUT2D eigenvalue weighted by Gasteiger charge is 2.45. The third kappa shape index (κ3) is 4.37. The Morgan fingerprint density at radius 1 is 1.45 bits per heavy atom. The third-order valence-electron chi connectivity index (χ3n) is 3.54. The van der Waals surface area contributed by atoms with Gasteiger partial charge in [-0.3, -0.25) is 0 Å². The van der Waals surface area contributed by atoms with Crippen molar-refractivity contribution in [3.8, 4) is 0 Å². The molecule has 0 aromatic heterocycles. The standard InChI is InChI=1S/C14H26N2O4/c1-11(2)10-20-9-5-7-15-13(19)16-8-4-6-14(16,3)12(17)18/h11H,4-10H2,1-3H3,(H,15,19)(H,17,18). The molecule has 116 valence electrons. The van der Waals surface area contributed by atoms with Crippen molar-refractivity contribution in [2.75, 3.05) is 26.3 Å². The van der Waals surface area contributed by atoms with E-state index >= 15 is 0 Å². The molecule has 0 aromatic rings. The molecule has 6 heteroatoms. The molecule has 6 nitrogen and oxygen atoms in total. The topological polar surface area (TPSA) is 78.9 Å². The summed E-state index contributed by atoms with van der Waals surface area (Å²) in [6.45, 7) is 8.10. The Morgan fingerprint density at radius 2 is 2.15 bits per heavy atom. The van der Waals surface area contributed by atoms with Gasteiger partial charge in [0.1, 0.15) is 5.54 Å². The van der Waals surface area contributed by atoms with Crippen LogP contribution in [0.1, 0.15) is 40.0 Å². The molecule has 0 bridgehead atoms. The molecule has 0 aromatic carbocycles. The van der Waals surface area contributed by atoms with Gasteiger partial charge in [-0.25, -0.2) is 9.59 Å². The minimum Gasteiger partial charge on any atom is -0.480 e. The molecule has 1 fully saturated rings. The Bertz CT molecular complexity index is 346. The van der Waals surface area contributed by atoms with Crippen molar-refractivity contribution in [2.24, 2.45) is 5.92 Å². The number of carboxylic acid groups (broad SMARTS) is 1. The molecular formula is C14H26N2O4. The number of nitrogens with one attached hydrogen (secondary N) is 1. The lowest BCUT2D eigenvalue weighted by molar-refractivity contribution is -0.147. The maximum atomic E-state index is 12.0. The van der Waals surface area contributed by atoms with Gasteiger partial charge in [0.05, 0.1) is 0 Å². The number of carbonyl (C=O) groups is 2. The highest BCUT2D eigenvalue weighted by atomic mass is 16.5. The van der Waals surface area contributed by atoms with E-state index in [0.717, 1.165) is 19.4 Å². The summed E-state index contributed by atoms with van der Waals surface area (Å²) in [6.07, 6.45) is 1.97. The van der Waals surface area contributed by atoms with Crippen molar-refractivity contribution >= 4 is 12.0 Å². The Balaban J connectivity index is 2.27. The van der Waals surface area contributed by atoms with Crippen molar-refractivity contribution in [2.45, 2.75) is 45.6 Å². The first-order valence-corrected chi connectivity index (χ1v) is 7.24. The number of hydrogen-bond donors (Lipinski definition) is 2. The molecule has 2 N–H and O–H groups in total. The Labute approximate surface area is 120 Å². The summed E-state index contributed by atoms with van der Waals surface area (Å²) in [5.41, 5.74) is -1.07. The number of aliphatic carboxylic acids is 1. The second kappa shape index (κ2) is 7.47. The summed E-state index contributed by atoms with van der Waals surface area (Å²) in [7, 11) is 0. The minimum absolute atomic E-state index is 0.295. The number of ether oxygens (including phenoxy) is 1. The first kappa shape index (κ1) is 16.8. The Hall–Kier alpha value is -1.30. The first-order valence-electron chi connectivity index (χ1n) is 7.24. The van der Waals surface area contributed by atoms with E-state index in [9.17, 15) is 14.7 Å². The maximum Gasteiger partial charge on any atom is 0.329 e. The van der Waals surface area contributed by atoms with E-state index in [1.165, 1.54) is 4.90 Å². The number of carbonyl (C=O) groups excluding carboxylic acids is 1. The maximum absolute atomic E-state index is 12.0. The minimum atomic E-state index is -1.07. The van der Waals surface area contributed by atoms with Gasteiger partial charge in [-0.1, -0.05) is 13.8 Å². The van der Waals surface area contributed by atoms with E-state index in [-0.39, 0.29) is 6.03 Å². The SMILES string of the molecule is CC(C)COCCCNC(=O)N1CCCC1(C)C(=O)O. The molecule has 1 saturated heterocycles. The van der Waals surface area contributed by atoms with Crippen molar-refractivity contribution < 1.29 is 19.4 Å². The van der Waals surface area contributed by atoms with E-state index in [1.807, 2.05) is 0 Å². The van der Waals surface area contributed by atoms with Crippen LogP contribution in [0, 0.1) is 5.92 Å². The molecule has 1 atom stereocenters. The number of rotatable bonds is 7. The summed E-state index contributed by atoms with van der Waals surface area (Å²) < 4.78 is 5.42. The molecule has 1 aliphatic rings. The number of nitrogens with zero attached hydrogens (tertiary/aromatic N) is 1. The van der Waals surface area contributed by atoms with Crippen LogP contribution in [0.3, 0.4) is 0 Å². The molecule has 20 heavy (non-hydrogen) atoms. The average Bonchev–Trinajstić information content (AvgIpc) is 2.76. The lowest BCUT2D eigenvalue weighted by atomic mass is 10.00. The number of hydrogen-bond acceptors (Lipinski definition) is 3. The van der Waals surface area contributed by atoms with Gasteiger partial charge in [0.2, 0.25) is 0 Å². The largest absolute Gasteiger partial charge is 0.480 e. The van der Waals surface area contributed by atoms with E-state index in [1.54, 1.807) is 6.92 Å². The third-order valence-corrected chi connectivity index (χ3v) is 3.54. The number of carboxylic acids is 1. The van der Waals surface area contributed by atoms with Crippen molar-refractivity contribution in [3.63, 3.8) is 0 Å². The second-order valence-corrected chi connectivity index (χ2v) is 5.89. The Kier molecular flexibility index (Phi) is 6.26. The molecular weight excluding hydrogens is 260 g/mol. The van der Waals surface area contributed by atoms with Gasteiger partial charge >= 0.3 is 12.0 Å². The van der Waals surface area contributed by atoms with Gasteiger partial charge < -0.3 is 20.1 Å². The zero-order valence-electron chi connectivity index (χ0n) is 12.6. The molecule has 0 saturated carbocycles. The summed E-state index contributed by atoms with van der Waals surface area (Å²) in [4.78, 5) is 24.7. The predicted octanol–water partition coefficient (Wildman–Crippen LogP) is 1.70. The van der Waals surface area contributed by atoms with Crippen LogP contribution < -0.4 is 5.32 Å². The van der Waals surface area contributed by atoms with Crippen molar-refractivity contribution in [3.05, 3.63) is 0 Å². The molecule has 1 rings (SSSR count). The molecule has 1 aliphatic heterocycles. The van der Waals surface area contributed by atoms with Crippen LogP contribution in [0.25, 0.3) is 0 Å². The number of amides is 2. The van der Waals surface area contributed by atoms with Crippen molar-refractivity contribution in [1.29, 1.82) is 0 Å². The smallest absolute Gasteiger partial charge is 0.329 e. The van der Waals surface area contributed by atoms with Crippen LogP contribution in [-0.2, 0) is 9.53 Å². The molecule has 0 radical (unpaired) electrons. The van der Waals surface area contributed by atoms with Crippen LogP contribution in [0.15, 0.2) is 0 Å². The lowest BCUT2D eigenvalue weighted by Gasteiger charge is -2.31. The summed E-state index contributed by atoms with van der Waals surface area (Å²) in [5, 5.41) is 12.0. The molecule has 0 aliphatic carbocycles. The van der Waals surface area contributed by atoms with Crippen LogP contribution in [0.4, 0.5) is 4.79 Å². The van der Waals surface area contributed by atoms with Gasteiger partial charge in [0.15, 0.2) is 0 Å². The van der Waals surface area contributed by atoms with E-state index in [4.69, 9.17) is 4.74 Å². The van der Waals surface area contributed by atoms with Crippen LogP contribution in [0.5, 0.6) is 0 Å². The van der Waals surface area contributed by atoms with E-state index in [2.05, 4.69) is 19.2 Å². The first-order chi connectivity index (χ1) is 9.38. The molecule has 2 amide bonds. The van der Waals surface area contributed by atoms with Gasteiger partial charge in [-0.2, -0.15) is 0 Å². The second-order valence-electron chi connectivity index (χ2n) is 5.89. The van der Waals surface area contributed by atoms with Crippen LogP contribution >= 0.6 is 0 Å². The zero-order chi connectivity index (χ0) is 15.2. The number of urea groups is 1. The fourth-order valence-electron chi connectivity index (χ4n) is 2.30. The van der Waals surface area contributed by atoms with Gasteiger partial charge in [0, 0.05) is 26.3 Å². The summed E-state index contributed by atoms with van der Waals surface area (Å²) in [6, 6.07) is -0.295. The average molecular weight is 286 g/mol. The normalized spacial score (nSPS) is 22.3. The molecule has 1 heterocycles. The predicted molar refractivity (Wildman–Crippen MR) is 75.7 cm³/mol. The molecule has 0 spiro atoms. The van der Waals surface area contributed by atoms with Crippen LogP contribution in [0.2, 0.25) is 0 Å². The monoisotopic (exact) mass is 286 g/mol. The molecule has 1 unspecified atom stereocenters. The van der Waals surface area contributed by atoms with Crippen LogP contribution in [-0.4, -0.2) is 53.8 Å². The highest BCUT2D eigenvalue weighted by Crippen LogP contribution is 2.29. The van der Waals surface area contributed by atoms with Gasteiger partial charge in [-0.15, -0.1) is 0 Å². The van der Waals surface area contributed by atoms with Gasteiger partial charge in [0.25, 0.3) is 0 Å². The zero-order valence-corrected chi connectivity index (χ0v) is 12.6. The fraction of sp³-hybridized carbons (Fsp3) is 0.857. The highest BCUT2D eigenvalue weighted by molar-refractivity contribution is 5.86. The number of likely N-dealkylation sites (tertiary alicyclic amines) is 1. The fourth-order valence-corrected chi connectivity index (χ4v) is 2.30. The van der Waals surface area contributed by atoms with Crippen molar-refractivity contribution in [1.82, 2.24) is 10.2 Å².